The van der Waals surface area contributed by atoms with E-state index in [4.69, 9.17) is 14.2 Å². The topological polar surface area (TPSA) is 96.0 Å². The van der Waals surface area contributed by atoms with E-state index in [1.54, 1.807) is 6.92 Å². The second-order valence-corrected chi connectivity index (χ2v) is 6.04. The van der Waals surface area contributed by atoms with Gasteiger partial charge in [0.05, 0.1) is 19.1 Å². The lowest BCUT2D eigenvalue weighted by atomic mass is 9.93. The molecule has 1 aliphatic carbocycles. The Balaban J connectivity index is 2.12. The van der Waals surface area contributed by atoms with Crippen molar-refractivity contribution in [3.05, 3.63) is 11.8 Å². The minimum absolute atomic E-state index is 0.0779. The van der Waals surface area contributed by atoms with Gasteiger partial charge >= 0.3 is 11.9 Å². The molecule has 0 spiro atoms. The highest BCUT2D eigenvalue weighted by atomic mass is 16.7. The number of cyclic esters (lactones) is 1. The first-order valence-corrected chi connectivity index (χ1v) is 7.59. The van der Waals surface area contributed by atoms with E-state index in [2.05, 4.69) is 0 Å². The summed E-state index contributed by atoms with van der Waals surface area (Å²) in [6.45, 7) is 4.74. The molecule has 0 amide bonds. The van der Waals surface area contributed by atoms with E-state index in [9.17, 15) is 19.2 Å². The summed E-state index contributed by atoms with van der Waals surface area (Å²) in [4.78, 5) is 48.1. The number of hydrogen-bond acceptors (Lipinski definition) is 7. The first-order chi connectivity index (χ1) is 10.7. The number of esters is 2. The standard InChI is InChI=1S/C16H20O7/c1-4-21-15(20)13(14(19)9-5-6-9)11(17)7-10-8-12(18)23-16(2,3)22-10/h8-9,13H,4-7H2,1-3H3. The van der Waals surface area contributed by atoms with E-state index in [1.807, 2.05) is 0 Å². The smallest absolute Gasteiger partial charge is 0.337 e. The van der Waals surface area contributed by atoms with Gasteiger partial charge in [-0.25, -0.2) is 4.79 Å². The normalized spacial score (nSPS) is 20.7. The first kappa shape index (κ1) is 17.2. The van der Waals surface area contributed by atoms with Crippen LogP contribution in [0, 0.1) is 11.8 Å². The number of rotatable bonds is 7. The van der Waals surface area contributed by atoms with Crippen LogP contribution >= 0.6 is 0 Å². The predicted molar refractivity (Wildman–Crippen MR) is 76.8 cm³/mol. The molecule has 7 heteroatoms. The fourth-order valence-electron chi connectivity index (χ4n) is 2.37. The molecule has 1 unspecified atom stereocenters. The fourth-order valence-corrected chi connectivity index (χ4v) is 2.37. The lowest BCUT2D eigenvalue weighted by Gasteiger charge is -2.30. The van der Waals surface area contributed by atoms with Crippen molar-refractivity contribution >= 4 is 23.5 Å². The highest BCUT2D eigenvalue weighted by Crippen LogP contribution is 2.34. The van der Waals surface area contributed by atoms with Gasteiger partial charge in [-0.2, -0.15) is 0 Å². The summed E-state index contributed by atoms with van der Waals surface area (Å²) >= 11 is 0. The highest BCUT2D eigenvalue weighted by Gasteiger charge is 2.44. The lowest BCUT2D eigenvalue weighted by Crippen LogP contribution is -2.38. The van der Waals surface area contributed by atoms with Gasteiger partial charge in [-0.1, -0.05) is 0 Å². The molecule has 0 aromatic carbocycles. The molecule has 2 rings (SSSR count). The van der Waals surface area contributed by atoms with E-state index in [0.717, 1.165) is 6.08 Å². The molecule has 1 atom stereocenters. The van der Waals surface area contributed by atoms with Crippen LogP contribution < -0.4 is 0 Å². The van der Waals surface area contributed by atoms with Crippen molar-refractivity contribution in [1.29, 1.82) is 0 Å². The van der Waals surface area contributed by atoms with Gasteiger partial charge in [0.2, 0.25) is 5.79 Å². The first-order valence-electron chi connectivity index (χ1n) is 7.59. The molecular weight excluding hydrogens is 304 g/mol. The molecule has 1 heterocycles. The van der Waals surface area contributed by atoms with Crippen molar-refractivity contribution in [2.45, 2.75) is 45.8 Å². The SMILES string of the molecule is CCOC(=O)C(C(=O)CC1=CC(=O)OC(C)(C)O1)C(=O)C1CC1. The van der Waals surface area contributed by atoms with Crippen LogP contribution in [0.3, 0.4) is 0 Å². The number of ether oxygens (including phenoxy) is 3. The number of allylic oxidation sites excluding steroid dienone is 1. The molecule has 0 saturated heterocycles. The third-order valence-electron chi connectivity index (χ3n) is 3.46. The van der Waals surface area contributed by atoms with Crippen molar-refractivity contribution in [1.82, 2.24) is 0 Å². The Kier molecular flexibility index (Phi) is 4.87. The third kappa shape index (κ3) is 4.40. The molecule has 0 bridgehead atoms. The van der Waals surface area contributed by atoms with Crippen molar-refractivity contribution in [2.24, 2.45) is 11.8 Å². The Bertz CT molecular complexity index is 569. The second kappa shape index (κ2) is 6.52. The molecule has 2 aliphatic rings. The summed E-state index contributed by atoms with van der Waals surface area (Å²) < 4.78 is 15.2. The quantitative estimate of drug-likeness (QED) is 0.514. The van der Waals surface area contributed by atoms with E-state index >= 15 is 0 Å². The molecule has 0 aromatic rings. The second-order valence-electron chi connectivity index (χ2n) is 6.04. The molecule has 1 saturated carbocycles. The maximum absolute atomic E-state index is 12.4. The van der Waals surface area contributed by atoms with Gasteiger partial charge < -0.3 is 14.2 Å². The molecule has 1 aliphatic heterocycles. The Morgan fingerprint density at radius 2 is 1.96 bits per heavy atom. The average Bonchev–Trinajstić information content (AvgIpc) is 3.20. The van der Waals surface area contributed by atoms with Crippen LogP contribution in [-0.4, -0.2) is 35.9 Å². The molecule has 23 heavy (non-hydrogen) atoms. The Labute approximate surface area is 133 Å². The maximum Gasteiger partial charge on any atom is 0.337 e. The zero-order valence-electron chi connectivity index (χ0n) is 13.4. The van der Waals surface area contributed by atoms with Crippen LogP contribution in [-0.2, 0) is 33.4 Å². The Hall–Kier alpha value is -2.18. The van der Waals surface area contributed by atoms with Crippen LogP contribution in [0.15, 0.2) is 11.8 Å². The summed E-state index contributed by atoms with van der Waals surface area (Å²) in [6, 6.07) is 0. The minimum atomic E-state index is -1.45. The number of carbonyl (C=O) groups is 4. The zero-order valence-corrected chi connectivity index (χ0v) is 13.4. The van der Waals surface area contributed by atoms with Crippen molar-refractivity contribution in [2.75, 3.05) is 6.61 Å². The van der Waals surface area contributed by atoms with Crippen LogP contribution in [0.4, 0.5) is 0 Å². The number of carbonyl (C=O) groups excluding carboxylic acids is 4. The summed E-state index contributed by atoms with van der Waals surface area (Å²) in [5.41, 5.74) is 0. The van der Waals surface area contributed by atoms with Crippen molar-refractivity contribution in [3.8, 4) is 0 Å². The number of ketones is 2. The van der Waals surface area contributed by atoms with Crippen molar-refractivity contribution in [3.63, 3.8) is 0 Å². The highest BCUT2D eigenvalue weighted by molar-refractivity contribution is 6.18. The van der Waals surface area contributed by atoms with Gasteiger partial charge in [0.15, 0.2) is 17.5 Å². The summed E-state index contributed by atoms with van der Waals surface area (Å²) in [6.07, 6.45) is 2.08. The number of hydrogen-bond donors (Lipinski definition) is 0. The summed E-state index contributed by atoms with van der Waals surface area (Å²) in [7, 11) is 0. The largest absolute Gasteiger partial charge is 0.465 e. The van der Waals surface area contributed by atoms with Crippen LogP contribution in [0.2, 0.25) is 0 Å². The molecule has 0 N–H and O–H groups in total. The Morgan fingerprint density at radius 3 is 2.48 bits per heavy atom. The van der Waals surface area contributed by atoms with Crippen LogP contribution in [0.25, 0.3) is 0 Å². The molecule has 0 radical (unpaired) electrons. The van der Waals surface area contributed by atoms with E-state index in [1.165, 1.54) is 13.8 Å². The predicted octanol–water partition coefficient (Wildman–Crippen LogP) is 1.30. The van der Waals surface area contributed by atoms with Crippen LogP contribution in [0.1, 0.15) is 40.0 Å². The minimum Gasteiger partial charge on any atom is -0.465 e. The van der Waals surface area contributed by atoms with Gasteiger partial charge in [0.1, 0.15) is 5.76 Å². The zero-order chi connectivity index (χ0) is 17.2. The molecule has 7 nitrogen and oxygen atoms in total. The fraction of sp³-hybridized carbons (Fsp3) is 0.625. The number of Topliss-reactive ketones (excluding diaryl/α,β-unsaturated/α-hetero) is 2. The lowest BCUT2D eigenvalue weighted by molar-refractivity contribution is -0.205. The van der Waals surface area contributed by atoms with Gasteiger partial charge in [-0.3, -0.25) is 14.4 Å². The van der Waals surface area contributed by atoms with Gasteiger partial charge in [-0.05, 0) is 19.8 Å². The van der Waals surface area contributed by atoms with E-state index < -0.39 is 35.2 Å². The van der Waals surface area contributed by atoms with E-state index in [0.29, 0.717) is 12.8 Å². The van der Waals surface area contributed by atoms with Gasteiger partial charge in [-0.15, -0.1) is 0 Å². The third-order valence-corrected chi connectivity index (χ3v) is 3.46. The molecule has 1 fully saturated rings. The van der Waals surface area contributed by atoms with Crippen LogP contribution in [0.5, 0.6) is 0 Å². The maximum atomic E-state index is 12.4. The molecule has 126 valence electrons. The van der Waals surface area contributed by atoms with E-state index in [-0.39, 0.29) is 24.7 Å². The van der Waals surface area contributed by atoms with Gasteiger partial charge in [0, 0.05) is 19.8 Å². The molecule has 0 aromatic heterocycles. The monoisotopic (exact) mass is 324 g/mol. The van der Waals surface area contributed by atoms with Gasteiger partial charge in [0.25, 0.3) is 0 Å². The molecular formula is C16H20O7. The summed E-state index contributed by atoms with van der Waals surface area (Å²) in [5.74, 6) is -5.33. The summed E-state index contributed by atoms with van der Waals surface area (Å²) in [5, 5.41) is 0. The average molecular weight is 324 g/mol. The Morgan fingerprint density at radius 1 is 1.30 bits per heavy atom. The van der Waals surface area contributed by atoms with Crippen molar-refractivity contribution < 1.29 is 33.4 Å².